The van der Waals surface area contributed by atoms with Gasteiger partial charge in [0.25, 0.3) is 0 Å². The lowest BCUT2D eigenvalue weighted by Crippen LogP contribution is -2.28. The highest BCUT2D eigenvalue weighted by molar-refractivity contribution is 5.57. The fourth-order valence-corrected chi connectivity index (χ4v) is 2.99. The van der Waals surface area contributed by atoms with E-state index in [1.807, 2.05) is 66.7 Å². The van der Waals surface area contributed by atoms with Gasteiger partial charge in [0.2, 0.25) is 0 Å². The molecule has 3 aromatic carbocycles. The normalized spacial score (nSPS) is 11.1. The van der Waals surface area contributed by atoms with E-state index in [1.165, 1.54) is 0 Å². The quantitative estimate of drug-likeness (QED) is 0.653. The van der Waals surface area contributed by atoms with Gasteiger partial charge < -0.3 is 9.47 Å². The largest absolute Gasteiger partial charge is 0.493 e. The molecule has 3 rings (SSSR count). The number of para-hydroxylation sites is 1. The van der Waals surface area contributed by atoms with Gasteiger partial charge in [-0.25, -0.2) is 5.11 Å². The Labute approximate surface area is 142 Å². The number of hydrogen-bond acceptors (Lipinski definition) is 2. The van der Waals surface area contributed by atoms with E-state index in [1.54, 1.807) is 26.4 Å². The summed E-state index contributed by atoms with van der Waals surface area (Å²) in [5.41, 5.74) is 0.245. The van der Waals surface area contributed by atoms with E-state index in [9.17, 15) is 5.11 Å². The first-order chi connectivity index (χ1) is 11.7. The number of rotatable bonds is 5. The lowest BCUT2D eigenvalue weighted by atomic mass is 9.80. The molecule has 0 aliphatic heterocycles. The van der Waals surface area contributed by atoms with Gasteiger partial charge in [-0.3, -0.25) is 0 Å². The first-order valence-electron chi connectivity index (χ1n) is 7.74. The molecule has 3 heteroatoms. The van der Waals surface area contributed by atoms with Gasteiger partial charge in [0, 0.05) is 5.56 Å². The van der Waals surface area contributed by atoms with Crippen LogP contribution in [0.5, 0.6) is 11.5 Å². The average molecular weight is 319 g/mol. The smallest absolute Gasteiger partial charge is 0.182 e. The Kier molecular flexibility index (Phi) is 4.54. The van der Waals surface area contributed by atoms with Gasteiger partial charge in [-0.15, -0.1) is 0 Å². The zero-order valence-corrected chi connectivity index (χ0v) is 13.7. The minimum atomic E-state index is -1.59. The lowest BCUT2D eigenvalue weighted by Gasteiger charge is -2.29. The Morgan fingerprint density at radius 2 is 1.21 bits per heavy atom. The summed E-state index contributed by atoms with van der Waals surface area (Å²) in [6.45, 7) is 0. The third-order valence-corrected chi connectivity index (χ3v) is 4.14. The number of methoxy groups -OCH3 is 2. The maximum absolute atomic E-state index is 14.2. The van der Waals surface area contributed by atoms with Gasteiger partial charge in [-0.05, 0) is 17.2 Å². The third kappa shape index (κ3) is 2.63. The maximum Gasteiger partial charge on any atom is 0.182 e. The van der Waals surface area contributed by atoms with Gasteiger partial charge in [-0.2, -0.15) is 0 Å². The van der Waals surface area contributed by atoms with Crippen LogP contribution in [-0.4, -0.2) is 14.2 Å². The molecule has 0 fully saturated rings. The van der Waals surface area contributed by atoms with Crippen LogP contribution in [0.3, 0.4) is 0 Å². The van der Waals surface area contributed by atoms with Gasteiger partial charge >= 0.3 is 0 Å². The van der Waals surface area contributed by atoms with Crippen LogP contribution in [0.2, 0.25) is 0 Å². The van der Waals surface area contributed by atoms with Crippen molar-refractivity contribution >= 4 is 0 Å². The molecular formula is C21H19O3. The molecule has 3 aromatic rings. The van der Waals surface area contributed by atoms with Crippen LogP contribution < -0.4 is 9.47 Å². The van der Waals surface area contributed by atoms with Crippen molar-refractivity contribution in [3.8, 4) is 11.5 Å². The summed E-state index contributed by atoms with van der Waals surface area (Å²) in [6, 6.07) is 24.1. The summed E-state index contributed by atoms with van der Waals surface area (Å²) in [5, 5.41) is 14.2. The third-order valence-electron chi connectivity index (χ3n) is 4.14. The van der Waals surface area contributed by atoms with Gasteiger partial charge in [-0.1, -0.05) is 72.8 Å². The zero-order chi connectivity index (χ0) is 17.0. The van der Waals surface area contributed by atoms with Crippen LogP contribution in [0, 0.1) is 0 Å². The molecule has 24 heavy (non-hydrogen) atoms. The van der Waals surface area contributed by atoms with E-state index in [2.05, 4.69) is 0 Å². The highest BCUT2D eigenvalue weighted by Crippen LogP contribution is 2.44. The molecule has 121 valence electrons. The van der Waals surface area contributed by atoms with Crippen LogP contribution in [0.4, 0.5) is 0 Å². The monoisotopic (exact) mass is 319 g/mol. The molecule has 0 amide bonds. The Morgan fingerprint density at radius 3 is 1.67 bits per heavy atom. The number of ether oxygens (including phenoxy) is 2. The summed E-state index contributed by atoms with van der Waals surface area (Å²) in [5.74, 6) is 1.00. The van der Waals surface area contributed by atoms with E-state index in [-0.39, 0.29) is 0 Å². The molecule has 0 bridgehead atoms. The van der Waals surface area contributed by atoms with E-state index >= 15 is 0 Å². The average Bonchev–Trinajstić information content (AvgIpc) is 2.68. The predicted octanol–water partition coefficient (Wildman–Crippen LogP) is 4.43. The van der Waals surface area contributed by atoms with Crippen LogP contribution >= 0.6 is 0 Å². The Bertz CT molecular complexity index is 758. The maximum atomic E-state index is 14.2. The first kappa shape index (κ1) is 16.1. The van der Waals surface area contributed by atoms with E-state index < -0.39 is 5.60 Å². The standard InChI is InChI=1S/C21H19O3/c1-23-19-15-9-14-18(20(19)24-2)21(22,16-10-5-3-6-11-16)17-12-7-4-8-13-17/h3-15H,1-2H3. The molecule has 0 aromatic heterocycles. The summed E-state index contributed by atoms with van der Waals surface area (Å²) in [7, 11) is 3.12. The Hall–Kier alpha value is -2.78. The van der Waals surface area contributed by atoms with Gasteiger partial charge in [0.15, 0.2) is 17.1 Å². The Balaban J connectivity index is 2.32. The molecule has 0 heterocycles. The number of benzene rings is 3. The van der Waals surface area contributed by atoms with Crippen molar-refractivity contribution in [3.63, 3.8) is 0 Å². The highest BCUT2D eigenvalue weighted by atomic mass is 16.5. The van der Waals surface area contributed by atoms with Crippen LogP contribution in [0.15, 0.2) is 78.9 Å². The topological polar surface area (TPSA) is 38.4 Å². The highest BCUT2D eigenvalue weighted by Gasteiger charge is 2.39. The molecule has 0 spiro atoms. The van der Waals surface area contributed by atoms with Crippen molar-refractivity contribution in [2.24, 2.45) is 0 Å². The number of hydrogen-bond donors (Lipinski definition) is 0. The molecular weight excluding hydrogens is 300 g/mol. The fourth-order valence-electron chi connectivity index (χ4n) is 2.99. The summed E-state index contributed by atoms with van der Waals surface area (Å²) in [4.78, 5) is 0. The molecule has 0 aliphatic rings. The lowest BCUT2D eigenvalue weighted by molar-refractivity contribution is 0.0386. The molecule has 0 saturated carbocycles. The molecule has 0 saturated heterocycles. The van der Waals surface area contributed by atoms with E-state index in [0.29, 0.717) is 28.2 Å². The van der Waals surface area contributed by atoms with Crippen molar-refractivity contribution in [3.05, 3.63) is 95.6 Å². The van der Waals surface area contributed by atoms with Gasteiger partial charge in [0.1, 0.15) is 0 Å². The first-order valence-corrected chi connectivity index (χ1v) is 7.74. The van der Waals surface area contributed by atoms with Crippen molar-refractivity contribution in [2.45, 2.75) is 5.60 Å². The second-order valence-corrected chi connectivity index (χ2v) is 5.45. The van der Waals surface area contributed by atoms with Crippen molar-refractivity contribution in [2.75, 3.05) is 14.2 Å². The second-order valence-electron chi connectivity index (χ2n) is 5.45. The molecule has 0 aliphatic carbocycles. The van der Waals surface area contributed by atoms with Crippen molar-refractivity contribution in [1.82, 2.24) is 0 Å². The molecule has 0 atom stereocenters. The summed E-state index contributed by atoms with van der Waals surface area (Å²) >= 11 is 0. The summed E-state index contributed by atoms with van der Waals surface area (Å²) in [6.07, 6.45) is 0. The van der Waals surface area contributed by atoms with Crippen LogP contribution in [-0.2, 0) is 10.7 Å². The van der Waals surface area contributed by atoms with E-state index in [0.717, 1.165) is 0 Å². The van der Waals surface area contributed by atoms with Crippen LogP contribution in [0.25, 0.3) is 0 Å². The zero-order valence-electron chi connectivity index (χ0n) is 13.7. The SMILES string of the molecule is COc1cccc(C([O])(c2ccccc2)c2ccccc2)c1OC. The molecule has 1 radical (unpaired) electrons. The fraction of sp³-hybridized carbons (Fsp3) is 0.143. The van der Waals surface area contributed by atoms with Crippen LogP contribution in [0.1, 0.15) is 16.7 Å². The van der Waals surface area contributed by atoms with Crippen molar-refractivity contribution < 1.29 is 14.6 Å². The minimum absolute atomic E-state index is 0.461. The molecule has 0 N–H and O–H groups in total. The van der Waals surface area contributed by atoms with Gasteiger partial charge in [0.05, 0.1) is 14.2 Å². The second kappa shape index (κ2) is 6.77. The Morgan fingerprint density at radius 1 is 0.667 bits per heavy atom. The minimum Gasteiger partial charge on any atom is -0.493 e. The predicted molar refractivity (Wildman–Crippen MR) is 93.0 cm³/mol. The molecule has 0 unspecified atom stereocenters. The van der Waals surface area contributed by atoms with Crippen molar-refractivity contribution in [1.29, 1.82) is 0 Å². The van der Waals surface area contributed by atoms with E-state index in [4.69, 9.17) is 9.47 Å². The summed E-state index contributed by atoms with van der Waals surface area (Å²) < 4.78 is 10.9. The molecule has 3 nitrogen and oxygen atoms in total.